The highest BCUT2D eigenvalue weighted by atomic mass is 16.5. The van der Waals surface area contributed by atoms with Crippen LogP contribution in [0.1, 0.15) is 126 Å². The minimum absolute atomic E-state index is 0.0587. The van der Waals surface area contributed by atoms with Gasteiger partial charge in [-0.3, -0.25) is 4.79 Å². The van der Waals surface area contributed by atoms with E-state index in [2.05, 4.69) is 17.5 Å². The van der Waals surface area contributed by atoms with E-state index in [4.69, 9.17) is 4.74 Å². The van der Waals surface area contributed by atoms with Crippen LogP contribution in [-0.4, -0.2) is 18.1 Å². The number of nitrogens with one attached hydrogen (secondary N) is 1. The lowest BCUT2D eigenvalue weighted by molar-refractivity contribution is -0.121. The molecule has 5 nitrogen and oxygen atoms in total. The fourth-order valence-electron chi connectivity index (χ4n) is 5.08. The van der Waals surface area contributed by atoms with Crippen molar-refractivity contribution in [1.29, 1.82) is 0 Å². The number of benzene rings is 3. The first-order valence-corrected chi connectivity index (χ1v) is 15.8. The number of amides is 1. The van der Waals surface area contributed by atoms with E-state index in [1.807, 2.05) is 36.4 Å². The normalized spacial score (nSPS) is 11.2. The Morgan fingerprint density at radius 2 is 1.24 bits per heavy atom. The molecule has 3 aromatic carbocycles. The highest BCUT2D eigenvalue weighted by Gasteiger charge is 2.12. The lowest BCUT2D eigenvalue weighted by Crippen LogP contribution is -2.16. The molecule has 41 heavy (non-hydrogen) atoms. The van der Waals surface area contributed by atoms with Gasteiger partial charge in [-0.1, -0.05) is 133 Å². The highest BCUT2D eigenvalue weighted by Crippen LogP contribution is 2.21. The second kappa shape index (κ2) is 19.6. The van der Waals surface area contributed by atoms with Gasteiger partial charge in [-0.25, -0.2) is 10.2 Å². The van der Waals surface area contributed by atoms with Crippen LogP contribution in [0.4, 0.5) is 0 Å². The molecule has 1 N–H and O–H groups in total. The van der Waals surface area contributed by atoms with Crippen LogP contribution < -0.4 is 10.2 Å². The summed E-state index contributed by atoms with van der Waals surface area (Å²) in [6.45, 7) is 2.27. The molecule has 0 fully saturated rings. The van der Waals surface area contributed by atoms with Crippen LogP contribution in [0.15, 0.2) is 71.8 Å². The Morgan fingerprint density at radius 3 is 1.88 bits per heavy atom. The van der Waals surface area contributed by atoms with Crippen LogP contribution in [0, 0.1) is 0 Å². The molecular weight excluding hydrogens is 508 g/mol. The Balaban J connectivity index is 1.21. The summed E-state index contributed by atoms with van der Waals surface area (Å²) in [5, 5.41) is 5.93. The summed E-state index contributed by atoms with van der Waals surface area (Å²) in [7, 11) is 0. The molecular formula is C36H48N2O3. The maximum Gasteiger partial charge on any atom is 0.344 e. The van der Waals surface area contributed by atoms with Crippen LogP contribution in [0.25, 0.3) is 10.8 Å². The fraction of sp³-hybridized carbons (Fsp3) is 0.472. The molecule has 1 amide bonds. The summed E-state index contributed by atoms with van der Waals surface area (Å²) in [5.41, 5.74) is 3.95. The Kier molecular flexibility index (Phi) is 15.3. The first kappa shape index (κ1) is 32.0. The second-order valence-electron chi connectivity index (χ2n) is 11.0. The number of carbonyl (C=O) groups excluding carboxylic acids is 2. The van der Waals surface area contributed by atoms with E-state index < -0.39 is 5.97 Å². The summed E-state index contributed by atoms with van der Waals surface area (Å²) in [5.74, 6) is 0.00292. The maximum atomic E-state index is 12.7. The predicted octanol–water partition coefficient (Wildman–Crippen LogP) is 9.77. The molecule has 0 saturated carbocycles. The number of fused-ring (bicyclic) bond motifs is 1. The predicted molar refractivity (Wildman–Crippen MR) is 171 cm³/mol. The summed E-state index contributed by atoms with van der Waals surface area (Å²) in [6.07, 6.45) is 21.7. The van der Waals surface area contributed by atoms with Crippen molar-refractivity contribution in [2.24, 2.45) is 5.10 Å². The molecule has 0 radical (unpaired) electrons. The van der Waals surface area contributed by atoms with E-state index in [9.17, 15) is 9.59 Å². The first-order chi connectivity index (χ1) is 20.2. The number of hydrazone groups is 1. The molecule has 0 aromatic heterocycles. The van der Waals surface area contributed by atoms with Gasteiger partial charge in [-0.2, -0.15) is 5.10 Å². The lowest BCUT2D eigenvalue weighted by atomic mass is 10.0. The molecule has 3 aromatic rings. The van der Waals surface area contributed by atoms with Gasteiger partial charge in [0.05, 0.1) is 11.8 Å². The zero-order valence-corrected chi connectivity index (χ0v) is 24.9. The topological polar surface area (TPSA) is 67.8 Å². The molecule has 0 spiro atoms. The fourth-order valence-corrected chi connectivity index (χ4v) is 5.08. The Hall–Kier alpha value is -3.47. The van der Waals surface area contributed by atoms with Gasteiger partial charge in [0.25, 0.3) is 0 Å². The van der Waals surface area contributed by atoms with E-state index >= 15 is 0 Å². The van der Waals surface area contributed by atoms with Crippen LogP contribution >= 0.6 is 0 Å². The molecule has 0 atom stereocenters. The van der Waals surface area contributed by atoms with Gasteiger partial charge in [-0.05, 0) is 53.1 Å². The van der Waals surface area contributed by atoms with Gasteiger partial charge in [0.2, 0.25) is 5.91 Å². The van der Waals surface area contributed by atoms with Crippen molar-refractivity contribution < 1.29 is 14.3 Å². The number of nitrogens with zero attached hydrogens (tertiary/aromatic N) is 1. The van der Waals surface area contributed by atoms with E-state index in [0.29, 0.717) is 17.7 Å². The number of hydrogen-bond acceptors (Lipinski definition) is 4. The summed E-state index contributed by atoms with van der Waals surface area (Å²) in [6, 6.07) is 20.4. The van der Waals surface area contributed by atoms with Gasteiger partial charge in [0.15, 0.2) is 0 Å². The number of ether oxygens (including phenoxy) is 1. The third-order valence-corrected chi connectivity index (χ3v) is 7.51. The molecule has 0 aliphatic carbocycles. The van der Waals surface area contributed by atoms with Crippen LogP contribution in [0.5, 0.6) is 5.75 Å². The number of carbonyl (C=O) groups is 2. The molecule has 0 bridgehead atoms. The van der Waals surface area contributed by atoms with Crippen LogP contribution in [0.3, 0.4) is 0 Å². The zero-order chi connectivity index (χ0) is 29.0. The minimum Gasteiger partial charge on any atom is -0.423 e. The summed E-state index contributed by atoms with van der Waals surface area (Å²) < 4.78 is 5.57. The van der Waals surface area contributed by atoms with Gasteiger partial charge >= 0.3 is 5.97 Å². The summed E-state index contributed by atoms with van der Waals surface area (Å²) in [4.78, 5) is 24.8. The third-order valence-electron chi connectivity index (χ3n) is 7.51. The quantitative estimate of drug-likeness (QED) is 0.0495. The van der Waals surface area contributed by atoms with E-state index in [0.717, 1.165) is 29.2 Å². The first-order valence-electron chi connectivity index (χ1n) is 15.8. The number of unbranched alkanes of at least 4 members (excludes halogenated alkanes) is 14. The van der Waals surface area contributed by atoms with Crippen molar-refractivity contribution in [2.45, 2.75) is 110 Å². The Labute approximate surface area is 246 Å². The molecule has 0 aliphatic rings. The lowest BCUT2D eigenvalue weighted by Gasteiger charge is -2.07. The molecule has 220 valence electrons. The van der Waals surface area contributed by atoms with Crippen LogP contribution in [0.2, 0.25) is 0 Å². The van der Waals surface area contributed by atoms with Crippen molar-refractivity contribution in [3.05, 3.63) is 77.9 Å². The van der Waals surface area contributed by atoms with Gasteiger partial charge < -0.3 is 4.74 Å². The largest absolute Gasteiger partial charge is 0.423 e. The average molecular weight is 557 g/mol. The molecule has 0 unspecified atom stereocenters. The molecule has 5 heteroatoms. The second-order valence-corrected chi connectivity index (χ2v) is 11.0. The van der Waals surface area contributed by atoms with Crippen molar-refractivity contribution >= 4 is 28.9 Å². The van der Waals surface area contributed by atoms with Crippen molar-refractivity contribution in [3.63, 3.8) is 0 Å². The van der Waals surface area contributed by atoms with E-state index in [-0.39, 0.29) is 5.91 Å². The Bertz CT molecular complexity index is 1200. The molecule has 3 rings (SSSR count). The smallest absolute Gasteiger partial charge is 0.344 e. The molecule has 0 saturated heterocycles. The minimum atomic E-state index is -0.394. The van der Waals surface area contributed by atoms with Gasteiger partial charge in [0.1, 0.15) is 5.75 Å². The van der Waals surface area contributed by atoms with Crippen LogP contribution in [-0.2, 0) is 4.79 Å². The number of hydrogen-bond donors (Lipinski definition) is 1. The maximum absolute atomic E-state index is 12.7. The number of rotatable bonds is 20. The van der Waals surface area contributed by atoms with Crippen molar-refractivity contribution in [3.8, 4) is 5.75 Å². The average Bonchev–Trinajstić information content (AvgIpc) is 2.99. The third kappa shape index (κ3) is 12.7. The molecule has 0 aliphatic heterocycles. The summed E-state index contributed by atoms with van der Waals surface area (Å²) >= 11 is 0. The van der Waals surface area contributed by atoms with Crippen molar-refractivity contribution in [2.75, 3.05) is 0 Å². The Morgan fingerprint density at radius 1 is 0.683 bits per heavy atom. The van der Waals surface area contributed by atoms with E-state index in [1.165, 1.54) is 83.5 Å². The number of esters is 1. The SMILES string of the molecule is CCCCCCCCCCCCCCCCCC(=O)N/N=C/c1ccc(OC(=O)c2cccc3ccccc23)cc1. The highest BCUT2D eigenvalue weighted by molar-refractivity contribution is 6.05. The zero-order valence-electron chi connectivity index (χ0n) is 24.9. The van der Waals surface area contributed by atoms with Crippen molar-refractivity contribution in [1.82, 2.24) is 5.43 Å². The molecule has 0 heterocycles. The van der Waals surface area contributed by atoms with Gasteiger partial charge in [-0.15, -0.1) is 0 Å². The standard InChI is InChI=1S/C36H48N2O3/c1-2-3-4-5-6-7-8-9-10-11-12-13-14-15-16-24-35(39)38-37-29-30-25-27-32(28-26-30)41-36(40)34-23-19-21-31-20-17-18-22-33(31)34/h17-23,25-29H,2-16,24H2,1H3,(H,38,39)/b37-29+. The van der Waals surface area contributed by atoms with Gasteiger partial charge in [0, 0.05) is 6.42 Å². The van der Waals surface area contributed by atoms with E-state index in [1.54, 1.807) is 36.5 Å². The monoisotopic (exact) mass is 556 g/mol.